The number of rotatable bonds is 13. The van der Waals surface area contributed by atoms with Crippen molar-refractivity contribution in [3.63, 3.8) is 0 Å². The van der Waals surface area contributed by atoms with Crippen molar-refractivity contribution in [1.29, 1.82) is 0 Å². The highest BCUT2D eigenvalue weighted by molar-refractivity contribution is 7.92. The van der Waals surface area contributed by atoms with Gasteiger partial charge in [0.25, 0.3) is 0 Å². The lowest BCUT2D eigenvalue weighted by atomic mass is 10.0. The van der Waals surface area contributed by atoms with Gasteiger partial charge in [-0.25, -0.2) is 8.42 Å². The number of sulfonamides is 1. The molecule has 0 saturated heterocycles. The number of benzene rings is 3. The molecule has 3 aromatic carbocycles. The van der Waals surface area contributed by atoms with E-state index in [4.69, 9.17) is 4.74 Å². The molecule has 0 aliphatic rings. The van der Waals surface area contributed by atoms with E-state index in [2.05, 4.69) is 5.32 Å². The van der Waals surface area contributed by atoms with Gasteiger partial charge in [0.05, 0.1) is 19.1 Å². The molecule has 0 fully saturated rings. The number of anilines is 1. The number of nitrogens with zero attached hydrogens (tertiary/aromatic N) is 2. The van der Waals surface area contributed by atoms with Gasteiger partial charge in [-0.1, -0.05) is 67.1 Å². The van der Waals surface area contributed by atoms with E-state index >= 15 is 0 Å². The number of hydrogen-bond donors (Lipinski definition) is 1. The topological polar surface area (TPSA) is 96.0 Å². The molecule has 0 bridgehead atoms. The van der Waals surface area contributed by atoms with Crippen LogP contribution in [0.4, 0.5) is 5.69 Å². The number of carbonyl (C=O) groups is 2. The number of methoxy groups -OCH3 is 1. The monoisotopic (exact) mass is 551 g/mol. The van der Waals surface area contributed by atoms with Gasteiger partial charge in [0, 0.05) is 19.5 Å². The summed E-state index contributed by atoms with van der Waals surface area (Å²) < 4.78 is 31.9. The van der Waals surface area contributed by atoms with E-state index in [0.29, 0.717) is 18.0 Å². The molecule has 0 aliphatic carbocycles. The summed E-state index contributed by atoms with van der Waals surface area (Å²) in [7, 11) is -2.30. The van der Waals surface area contributed by atoms with Gasteiger partial charge >= 0.3 is 0 Å². The summed E-state index contributed by atoms with van der Waals surface area (Å²) in [5.41, 5.74) is 3.09. The Kier molecular flexibility index (Phi) is 10.5. The highest BCUT2D eigenvalue weighted by Gasteiger charge is 2.33. The molecule has 3 aromatic rings. The fourth-order valence-corrected chi connectivity index (χ4v) is 5.14. The van der Waals surface area contributed by atoms with E-state index in [1.807, 2.05) is 68.4 Å². The van der Waals surface area contributed by atoms with Gasteiger partial charge in [0.2, 0.25) is 21.8 Å². The maximum Gasteiger partial charge on any atom is 0.244 e. The zero-order valence-corrected chi connectivity index (χ0v) is 23.8. The second-order valence-corrected chi connectivity index (χ2v) is 11.4. The van der Waals surface area contributed by atoms with E-state index in [0.717, 1.165) is 33.7 Å². The van der Waals surface area contributed by atoms with Crippen LogP contribution in [0.5, 0.6) is 5.75 Å². The Hall–Kier alpha value is -3.85. The van der Waals surface area contributed by atoms with Crippen molar-refractivity contribution in [3.8, 4) is 5.75 Å². The van der Waals surface area contributed by atoms with Crippen LogP contribution in [-0.2, 0) is 32.6 Å². The normalized spacial score (nSPS) is 11.9. The van der Waals surface area contributed by atoms with Crippen molar-refractivity contribution in [1.82, 2.24) is 10.2 Å². The molecule has 208 valence electrons. The number of ether oxygens (including phenoxy) is 1. The lowest BCUT2D eigenvalue weighted by molar-refractivity contribution is -0.140. The second-order valence-electron chi connectivity index (χ2n) is 9.47. The number of hydrogen-bond acceptors (Lipinski definition) is 5. The van der Waals surface area contributed by atoms with Gasteiger partial charge in [0.1, 0.15) is 18.3 Å². The second kappa shape index (κ2) is 13.8. The van der Waals surface area contributed by atoms with Crippen molar-refractivity contribution in [2.24, 2.45) is 0 Å². The Morgan fingerprint density at radius 3 is 2.21 bits per heavy atom. The summed E-state index contributed by atoms with van der Waals surface area (Å²) in [6.07, 6.45) is 2.09. The summed E-state index contributed by atoms with van der Waals surface area (Å²) >= 11 is 0. The van der Waals surface area contributed by atoms with Gasteiger partial charge in [0.15, 0.2) is 0 Å². The fraction of sp³-hybridized carbons (Fsp3) is 0.333. The zero-order chi connectivity index (χ0) is 28.4. The maximum absolute atomic E-state index is 14.0. The quantitative estimate of drug-likeness (QED) is 0.347. The van der Waals surface area contributed by atoms with Crippen LogP contribution in [0.25, 0.3) is 0 Å². The Morgan fingerprint density at radius 1 is 0.949 bits per heavy atom. The van der Waals surface area contributed by atoms with Gasteiger partial charge in [-0.15, -0.1) is 0 Å². The number of amides is 2. The number of nitrogens with one attached hydrogen (secondary N) is 1. The molecule has 0 saturated carbocycles. The molecule has 9 heteroatoms. The Balaban J connectivity index is 2.03. The third-order valence-electron chi connectivity index (χ3n) is 6.30. The summed E-state index contributed by atoms with van der Waals surface area (Å²) in [4.78, 5) is 29.0. The fourth-order valence-electron chi connectivity index (χ4n) is 4.29. The van der Waals surface area contributed by atoms with E-state index in [1.165, 1.54) is 12.0 Å². The first-order chi connectivity index (χ1) is 18.6. The van der Waals surface area contributed by atoms with Crippen LogP contribution in [0.15, 0.2) is 78.9 Å². The van der Waals surface area contributed by atoms with Crippen LogP contribution >= 0.6 is 0 Å². The number of aryl methyl sites for hydroxylation is 1. The van der Waals surface area contributed by atoms with Crippen LogP contribution in [0.3, 0.4) is 0 Å². The third-order valence-corrected chi connectivity index (χ3v) is 7.44. The lowest BCUT2D eigenvalue weighted by Gasteiger charge is -2.33. The highest BCUT2D eigenvalue weighted by Crippen LogP contribution is 2.23. The zero-order valence-electron chi connectivity index (χ0n) is 23.0. The summed E-state index contributed by atoms with van der Waals surface area (Å²) in [6.45, 7) is 4.08. The highest BCUT2D eigenvalue weighted by atomic mass is 32.2. The molecular weight excluding hydrogens is 514 g/mol. The molecule has 2 amide bonds. The Bertz CT molecular complexity index is 1340. The van der Waals surface area contributed by atoms with Crippen molar-refractivity contribution in [2.45, 2.75) is 39.3 Å². The van der Waals surface area contributed by atoms with Crippen molar-refractivity contribution in [2.75, 3.05) is 30.8 Å². The largest absolute Gasteiger partial charge is 0.497 e. The minimum atomic E-state index is -3.82. The van der Waals surface area contributed by atoms with Crippen molar-refractivity contribution in [3.05, 3.63) is 95.6 Å². The molecule has 3 rings (SSSR count). The first kappa shape index (κ1) is 29.7. The van der Waals surface area contributed by atoms with Gasteiger partial charge < -0.3 is 15.0 Å². The Morgan fingerprint density at radius 2 is 1.62 bits per heavy atom. The molecule has 1 N–H and O–H groups in total. The van der Waals surface area contributed by atoms with Crippen LogP contribution < -0.4 is 14.4 Å². The smallest absolute Gasteiger partial charge is 0.244 e. The van der Waals surface area contributed by atoms with Gasteiger partial charge in [-0.05, 0) is 48.7 Å². The average Bonchev–Trinajstić information content (AvgIpc) is 2.92. The molecule has 0 spiro atoms. The predicted molar refractivity (Wildman–Crippen MR) is 154 cm³/mol. The third kappa shape index (κ3) is 8.58. The molecule has 0 aromatic heterocycles. The summed E-state index contributed by atoms with van der Waals surface area (Å²) in [6, 6.07) is 22.8. The predicted octanol–water partition coefficient (Wildman–Crippen LogP) is 3.94. The van der Waals surface area contributed by atoms with Crippen LogP contribution in [0, 0.1) is 6.92 Å². The van der Waals surface area contributed by atoms with Crippen molar-refractivity contribution >= 4 is 27.5 Å². The lowest BCUT2D eigenvalue weighted by Crippen LogP contribution is -2.53. The van der Waals surface area contributed by atoms with Crippen LogP contribution in [0.1, 0.15) is 30.0 Å². The van der Waals surface area contributed by atoms with Gasteiger partial charge in [-0.2, -0.15) is 0 Å². The first-order valence-corrected chi connectivity index (χ1v) is 14.8. The molecule has 0 heterocycles. The summed E-state index contributed by atoms with van der Waals surface area (Å²) in [5.74, 6) is -0.197. The molecular formula is C30H37N3O5S. The first-order valence-electron chi connectivity index (χ1n) is 12.9. The van der Waals surface area contributed by atoms with E-state index in [1.54, 1.807) is 24.3 Å². The Labute approximate surface area is 231 Å². The molecule has 39 heavy (non-hydrogen) atoms. The molecule has 8 nitrogen and oxygen atoms in total. The van der Waals surface area contributed by atoms with Crippen molar-refractivity contribution < 1.29 is 22.7 Å². The SMILES string of the molecule is CCCNC(=O)[C@@H](Cc1ccccc1)N(Cc1cccc(C)c1)C(=O)CN(c1ccc(OC)cc1)S(C)(=O)=O. The molecule has 0 unspecified atom stereocenters. The van der Waals surface area contributed by atoms with E-state index < -0.39 is 28.5 Å². The average molecular weight is 552 g/mol. The molecule has 0 aliphatic heterocycles. The van der Waals surface area contributed by atoms with E-state index in [9.17, 15) is 18.0 Å². The molecule has 1 atom stereocenters. The van der Waals surface area contributed by atoms with Crippen LogP contribution in [0.2, 0.25) is 0 Å². The summed E-state index contributed by atoms with van der Waals surface area (Å²) in [5, 5.41) is 2.93. The van der Waals surface area contributed by atoms with Gasteiger partial charge in [-0.3, -0.25) is 13.9 Å². The van der Waals surface area contributed by atoms with E-state index in [-0.39, 0.29) is 18.9 Å². The number of carbonyl (C=O) groups excluding carboxylic acids is 2. The maximum atomic E-state index is 14.0. The standard InChI is InChI=1S/C30H37N3O5S/c1-5-18-31-30(35)28(20-24-11-7-6-8-12-24)32(21-25-13-9-10-23(2)19-25)29(34)22-33(39(4,36)37)26-14-16-27(38-3)17-15-26/h6-17,19,28H,5,18,20-22H2,1-4H3,(H,31,35)/t28-/m1/s1. The molecule has 0 radical (unpaired) electrons. The minimum absolute atomic E-state index is 0.151. The van der Waals surface area contributed by atoms with Crippen LogP contribution in [-0.4, -0.2) is 57.6 Å². The minimum Gasteiger partial charge on any atom is -0.497 e.